The first-order valence-electron chi connectivity index (χ1n) is 7.86. The number of aromatic nitrogens is 2. The van der Waals surface area contributed by atoms with Gasteiger partial charge in [-0.2, -0.15) is 5.10 Å². The highest BCUT2D eigenvalue weighted by atomic mass is 35.5. The van der Waals surface area contributed by atoms with Crippen molar-refractivity contribution in [1.29, 1.82) is 0 Å². The summed E-state index contributed by atoms with van der Waals surface area (Å²) >= 11 is 0. The number of aryl methyl sites for hydroxylation is 1. The lowest BCUT2D eigenvalue weighted by Gasteiger charge is -2.22. The van der Waals surface area contributed by atoms with Crippen molar-refractivity contribution in [3.8, 4) is 0 Å². The molecule has 2 heterocycles. The lowest BCUT2D eigenvalue weighted by Crippen LogP contribution is -2.35. The van der Waals surface area contributed by atoms with Crippen LogP contribution in [0.15, 0.2) is 29.1 Å². The summed E-state index contributed by atoms with van der Waals surface area (Å²) in [5.41, 5.74) is 6.32. The van der Waals surface area contributed by atoms with Crippen molar-refractivity contribution in [1.82, 2.24) is 14.7 Å². The Bertz CT molecular complexity index is 820. The summed E-state index contributed by atoms with van der Waals surface area (Å²) < 4.78 is 1.30. The largest absolute Gasteiger partial charge is 0.342 e. The topological polar surface area (TPSA) is 81.2 Å². The van der Waals surface area contributed by atoms with E-state index in [1.165, 1.54) is 4.68 Å². The second-order valence-corrected chi connectivity index (χ2v) is 6.68. The third-order valence-electron chi connectivity index (χ3n) is 4.76. The molecule has 0 spiro atoms. The second-order valence-electron chi connectivity index (χ2n) is 6.68. The van der Waals surface area contributed by atoms with Crippen LogP contribution in [0, 0.1) is 5.41 Å². The minimum Gasteiger partial charge on any atom is -0.342 e. The number of likely N-dealkylation sites (tertiary alicyclic amines) is 1. The van der Waals surface area contributed by atoms with Crippen LogP contribution >= 0.6 is 12.4 Å². The van der Waals surface area contributed by atoms with Gasteiger partial charge in [-0.1, -0.05) is 25.1 Å². The van der Waals surface area contributed by atoms with E-state index >= 15 is 0 Å². The molecular weight excluding hydrogens is 328 g/mol. The van der Waals surface area contributed by atoms with Crippen LogP contribution in [0.3, 0.4) is 0 Å². The molecule has 7 heteroatoms. The van der Waals surface area contributed by atoms with Crippen LogP contribution in [0.25, 0.3) is 10.8 Å². The Morgan fingerprint density at radius 3 is 2.62 bits per heavy atom. The number of carbonyl (C=O) groups excluding carboxylic acids is 1. The summed E-state index contributed by atoms with van der Waals surface area (Å²) in [6, 6.07) is 7.30. The number of rotatable bonds is 3. The van der Waals surface area contributed by atoms with Crippen LogP contribution in [-0.2, 0) is 18.3 Å². The number of hydrogen-bond donors (Lipinski definition) is 1. The van der Waals surface area contributed by atoms with E-state index in [-0.39, 0.29) is 35.7 Å². The highest BCUT2D eigenvalue weighted by Gasteiger charge is 2.34. The van der Waals surface area contributed by atoms with Crippen molar-refractivity contribution in [3.63, 3.8) is 0 Å². The Labute approximate surface area is 147 Å². The standard InChI is InChI=1S/C17H22N4O2.ClH/c1-17(10-18)7-8-21(11-17)15(22)9-14-12-5-3-4-6-13(12)16(23)20(2)19-14;/h3-6H,7-11,18H2,1-2H3;1H. The molecule has 24 heavy (non-hydrogen) atoms. The molecular formula is C17H23ClN4O2. The molecule has 0 radical (unpaired) electrons. The third-order valence-corrected chi connectivity index (χ3v) is 4.76. The third kappa shape index (κ3) is 3.30. The van der Waals surface area contributed by atoms with Crippen LogP contribution in [0.5, 0.6) is 0 Å². The Morgan fingerprint density at radius 1 is 1.33 bits per heavy atom. The van der Waals surface area contributed by atoms with Crippen molar-refractivity contribution in [2.24, 2.45) is 18.2 Å². The first kappa shape index (κ1) is 18.4. The van der Waals surface area contributed by atoms with Crippen molar-refractivity contribution < 1.29 is 4.79 Å². The summed E-state index contributed by atoms with van der Waals surface area (Å²) in [7, 11) is 1.62. The van der Waals surface area contributed by atoms with Gasteiger partial charge in [-0.3, -0.25) is 9.59 Å². The van der Waals surface area contributed by atoms with Gasteiger partial charge in [0, 0.05) is 25.5 Å². The predicted molar refractivity (Wildman–Crippen MR) is 96.3 cm³/mol. The predicted octanol–water partition coefficient (Wildman–Crippen LogP) is 1.10. The molecule has 1 amide bonds. The molecule has 130 valence electrons. The minimum atomic E-state index is -0.145. The van der Waals surface area contributed by atoms with Crippen LogP contribution in [-0.4, -0.2) is 40.2 Å². The van der Waals surface area contributed by atoms with Gasteiger partial charge in [-0.05, 0) is 24.4 Å². The second kappa shape index (κ2) is 6.91. The van der Waals surface area contributed by atoms with Crippen molar-refractivity contribution in [3.05, 3.63) is 40.3 Å². The lowest BCUT2D eigenvalue weighted by molar-refractivity contribution is -0.129. The summed E-state index contributed by atoms with van der Waals surface area (Å²) in [4.78, 5) is 26.6. The van der Waals surface area contributed by atoms with Crippen molar-refractivity contribution in [2.75, 3.05) is 19.6 Å². The van der Waals surface area contributed by atoms with E-state index in [0.717, 1.165) is 18.4 Å². The molecule has 1 aliphatic heterocycles. The Kier molecular flexibility index (Phi) is 5.30. The van der Waals surface area contributed by atoms with Crippen molar-refractivity contribution in [2.45, 2.75) is 19.8 Å². The van der Waals surface area contributed by atoms with Crippen LogP contribution in [0.4, 0.5) is 0 Å². The molecule has 6 nitrogen and oxygen atoms in total. The Hall–Kier alpha value is -1.92. The zero-order valence-corrected chi connectivity index (χ0v) is 14.8. The monoisotopic (exact) mass is 350 g/mol. The highest BCUT2D eigenvalue weighted by molar-refractivity contribution is 5.88. The van der Waals surface area contributed by atoms with Crippen molar-refractivity contribution >= 4 is 29.1 Å². The molecule has 2 N–H and O–H groups in total. The number of carbonyl (C=O) groups is 1. The quantitative estimate of drug-likeness (QED) is 0.898. The maximum atomic E-state index is 12.6. The number of fused-ring (bicyclic) bond motifs is 1. The van der Waals surface area contributed by atoms with Gasteiger partial charge in [0.15, 0.2) is 0 Å². The maximum Gasteiger partial charge on any atom is 0.274 e. The number of hydrogen-bond acceptors (Lipinski definition) is 4. The average Bonchev–Trinajstić information content (AvgIpc) is 2.96. The van der Waals surface area contributed by atoms with Gasteiger partial charge in [0.25, 0.3) is 5.56 Å². The fraction of sp³-hybridized carbons (Fsp3) is 0.471. The van der Waals surface area contributed by atoms with Gasteiger partial charge in [-0.15, -0.1) is 12.4 Å². The average molecular weight is 351 g/mol. The first-order chi connectivity index (χ1) is 10.9. The molecule has 3 rings (SSSR count). The van der Waals surface area contributed by atoms with Gasteiger partial charge in [0.05, 0.1) is 17.5 Å². The molecule has 1 aromatic heterocycles. The number of nitrogens with zero attached hydrogens (tertiary/aromatic N) is 3. The van der Waals surface area contributed by atoms with Crippen LogP contribution in [0.2, 0.25) is 0 Å². The van der Waals surface area contributed by atoms with Gasteiger partial charge < -0.3 is 10.6 Å². The molecule has 0 bridgehead atoms. The molecule has 2 aromatic rings. The molecule has 1 aliphatic rings. The first-order valence-corrected chi connectivity index (χ1v) is 7.86. The number of amides is 1. The smallest absolute Gasteiger partial charge is 0.274 e. The van der Waals surface area contributed by atoms with E-state index in [1.54, 1.807) is 13.1 Å². The number of halogens is 1. The van der Waals surface area contributed by atoms with Gasteiger partial charge in [-0.25, -0.2) is 4.68 Å². The van der Waals surface area contributed by atoms with E-state index < -0.39 is 0 Å². The van der Waals surface area contributed by atoms with E-state index in [9.17, 15) is 9.59 Å². The zero-order valence-electron chi connectivity index (χ0n) is 14.0. The molecule has 0 aliphatic carbocycles. The molecule has 1 atom stereocenters. The molecule has 1 fully saturated rings. The fourth-order valence-corrected chi connectivity index (χ4v) is 3.16. The van der Waals surface area contributed by atoms with Gasteiger partial charge >= 0.3 is 0 Å². The number of nitrogens with two attached hydrogens (primary N) is 1. The molecule has 1 saturated heterocycles. The SMILES string of the molecule is Cl.Cn1nc(CC(=O)N2CCC(C)(CN)C2)c2ccccc2c1=O. The van der Waals surface area contributed by atoms with E-state index in [2.05, 4.69) is 12.0 Å². The minimum absolute atomic E-state index is 0. The van der Waals surface area contributed by atoms with Crippen LogP contribution < -0.4 is 11.3 Å². The van der Waals surface area contributed by atoms with Gasteiger partial charge in [0.2, 0.25) is 5.91 Å². The van der Waals surface area contributed by atoms with Crippen LogP contribution in [0.1, 0.15) is 19.0 Å². The summed E-state index contributed by atoms with van der Waals surface area (Å²) in [5.74, 6) is 0.0403. The summed E-state index contributed by atoms with van der Waals surface area (Å²) in [6.45, 7) is 4.11. The Morgan fingerprint density at radius 2 is 2.00 bits per heavy atom. The zero-order chi connectivity index (χ0) is 16.6. The number of benzene rings is 1. The maximum absolute atomic E-state index is 12.6. The highest BCUT2D eigenvalue weighted by Crippen LogP contribution is 2.29. The Balaban J connectivity index is 0.00000208. The van der Waals surface area contributed by atoms with Gasteiger partial charge in [0.1, 0.15) is 0 Å². The van der Waals surface area contributed by atoms with E-state index in [4.69, 9.17) is 5.73 Å². The summed E-state index contributed by atoms with van der Waals surface area (Å²) in [5, 5.41) is 5.65. The van der Waals surface area contributed by atoms with E-state index in [0.29, 0.717) is 24.2 Å². The molecule has 1 aromatic carbocycles. The lowest BCUT2D eigenvalue weighted by atomic mass is 9.90. The fourth-order valence-electron chi connectivity index (χ4n) is 3.16. The molecule has 0 saturated carbocycles. The molecule has 1 unspecified atom stereocenters. The normalized spacial score (nSPS) is 20.2. The summed E-state index contributed by atoms with van der Waals surface area (Å²) in [6.07, 6.45) is 1.13. The van der Waals surface area contributed by atoms with E-state index in [1.807, 2.05) is 23.1 Å².